The van der Waals surface area contributed by atoms with Crippen LogP contribution in [-0.4, -0.2) is 74.5 Å². The van der Waals surface area contributed by atoms with Crippen molar-refractivity contribution in [2.24, 2.45) is 0 Å². The molecule has 4 rings (SSSR count). The summed E-state index contributed by atoms with van der Waals surface area (Å²) in [5.41, 5.74) is 2.42. The third-order valence-corrected chi connectivity index (χ3v) is 6.55. The van der Waals surface area contributed by atoms with Gasteiger partial charge in [-0.3, -0.25) is 0 Å². The van der Waals surface area contributed by atoms with Gasteiger partial charge in [0.05, 0.1) is 44.8 Å². The second kappa shape index (κ2) is 15.9. The number of rotatable bonds is 13. The average molecular weight is 605 g/mol. The Kier molecular flexibility index (Phi) is 11.7. The van der Waals surface area contributed by atoms with Crippen LogP contribution in [0.1, 0.15) is 50.6 Å². The molecule has 1 saturated heterocycles. The molecule has 1 aromatic heterocycles. The molecule has 44 heavy (non-hydrogen) atoms. The van der Waals surface area contributed by atoms with Crippen LogP contribution < -0.4 is 19.5 Å². The van der Waals surface area contributed by atoms with Gasteiger partial charge in [0.15, 0.2) is 11.5 Å². The first-order valence-corrected chi connectivity index (χ1v) is 14.7. The Morgan fingerprint density at radius 2 is 1.84 bits per heavy atom. The summed E-state index contributed by atoms with van der Waals surface area (Å²) in [5, 5.41) is 12.4. The standard InChI is InChI=1S/C33H40N4O7/c1-33(2,3)44-32(38)36-13-16-41-17-18-42-29-7-5-23(19-30(29)39-4)20-31-35-12-9-27(37-31)24-6-8-28(25(21-24)22-34)43-26-10-14-40-15-11-26/h5-9,12,19,21,26H,10-11,13-18,20H2,1-4H3,(H,36,38). The van der Waals surface area contributed by atoms with Crippen molar-refractivity contribution in [1.29, 1.82) is 5.26 Å². The van der Waals surface area contributed by atoms with E-state index < -0.39 is 11.7 Å². The van der Waals surface area contributed by atoms with E-state index in [0.717, 1.165) is 29.7 Å². The Morgan fingerprint density at radius 1 is 1.05 bits per heavy atom. The number of benzene rings is 2. The average Bonchev–Trinajstić information content (AvgIpc) is 3.01. The van der Waals surface area contributed by atoms with E-state index in [1.807, 2.05) is 57.2 Å². The van der Waals surface area contributed by atoms with Crippen LogP contribution in [0.3, 0.4) is 0 Å². The maximum absolute atomic E-state index is 11.7. The number of methoxy groups -OCH3 is 1. The lowest BCUT2D eigenvalue weighted by atomic mass is 10.1. The molecule has 3 aromatic rings. The van der Waals surface area contributed by atoms with Crippen LogP contribution in [0.4, 0.5) is 4.79 Å². The molecular weight excluding hydrogens is 564 g/mol. The topological polar surface area (TPSA) is 134 Å². The normalized spacial score (nSPS) is 13.5. The molecule has 0 atom stereocenters. The highest BCUT2D eigenvalue weighted by Gasteiger charge is 2.18. The summed E-state index contributed by atoms with van der Waals surface area (Å²) < 4.78 is 33.6. The van der Waals surface area contributed by atoms with Crippen LogP contribution in [0.15, 0.2) is 48.7 Å². The molecule has 1 aliphatic heterocycles. The molecule has 0 bridgehead atoms. The number of nitrogens with one attached hydrogen (secondary N) is 1. The van der Waals surface area contributed by atoms with Gasteiger partial charge in [0.25, 0.3) is 0 Å². The predicted octanol–water partition coefficient (Wildman–Crippen LogP) is 5.09. The largest absolute Gasteiger partial charge is 0.493 e. The van der Waals surface area contributed by atoms with Gasteiger partial charge in [0.1, 0.15) is 36.0 Å². The number of carbonyl (C=O) groups is 1. The van der Waals surface area contributed by atoms with E-state index in [1.165, 1.54) is 0 Å². The van der Waals surface area contributed by atoms with Gasteiger partial charge in [-0.15, -0.1) is 0 Å². The fourth-order valence-electron chi connectivity index (χ4n) is 4.47. The Morgan fingerprint density at radius 3 is 2.59 bits per heavy atom. The molecule has 0 radical (unpaired) electrons. The quantitative estimate of drug-likeness (QED) is 0.263. The van der Waals surface area contributed by atoms with Gasteiger partial charge >= 0.3 is 6.09 Å². The molecular formula is C33H40N4O7. The highest BCUT2D eigenvalue weighted by atomic mass is 16.6. The number of aromatic nitrogens is 2. The number of amides is 1. The lowest BCUT2D eigenvalue weighted by Crippen LogP contribution is -2.34. The Hall–Kier alpha value is -4.40. The van der Waals surface area contributed by atoms with E-state index in [4.69, 9.17) is 33.4 Å². The zero-order chi connectivity index (χ0) is 31.4. The number of carbonyl (C=O) groups excluding carboxylic acids is 1. The van der Waals surface area contributed by atoms with Crippen molar-refractivity contribution in [3.05, 3.63) is 65.6 Å². The predicted molar refractivity (Wildman–Crippen MR) is 163 cm³/mol. The summed E-state index contributed by atoms with van der Waals surface area (Å²) in [6, 6.07) is 15.3. The molecule has 0 spiro atoms. The van der Waals surface area contributed by atoms with Crippen molar-refractivity contribution in [2.45, 2.75) is 51.7 Å². The van der Waals surface area contributed by atoms with Gasteiger partial charge in [-0.05, 0) is 62.7 Å². The lowest BCUT2D eigenvalue weighted by Gasteiger charge is -2.23. The SMILES string of the molecule is COc1cc(Cc2nccc(-c3ccc(OC4CCOCC4)c(C#N)c3)n2)ccc1OCCOCCNC(=O)OC(C)(C)C. The van der Waals surface area contributed by atoms with Crippen molar-refractivity contribution in [2.75, 3.05) is 46.7 Å². The minimum Gasteiger partial charge on any atom is -0.493 e. The van der Waals surface area contributed by atoms with Crippen LogP contribution in [-0.2, 0) is 20.6 Å². The van der Waals surface area contributed by atoms with Crippen LogP contribution in [0.25, 0.3) is 11.3 Å². The van der Waals surface area contributed by atoms with Gasteiger partial charge in [-0.2, -0.15) is 5.26 Å². The number of nitrogens with zero attached hydrogens (tertiary/aromatic N) is 3. The maximum atomic E-state index is 11.7. The van der Waals surface area contributed by atoms with Crippen LogP contribution >= 0.6 is 0 Å². The molecule has 2 aromatic carbocycles. The summed E-state index contributed by atoms with van der Waals surface area (Å²) in [4.78, 5) is 20.9. The van der Waals surface area contributed by atoms with Crippen LogP contribution in [0.2, 0.25) is 0 Å². The van der Waals surface area contributed by atoms with Gasteiger partial charge in [-0.25, -0.2) is 14.8 Å². The number of nitriles is 1. The first kappa shape index (κ1) is 32.5. The summed E-state index contributed by atoms with van der Waals surface area (Å²) >= 11 is 0. The van der Waals surface area contributed by atoms with E-state index in [2.05, 4.69) is 16.4 Å². The molecule has 0 aliphatic carbocycles. The van der Waals surface area contributed by atoms with Crippen molar-refractivity contribution in [3.8, 4) is 34.6 Å². The lowest BCUT2D eigenvalue weighted by molar-refractivity contribution is 0.0254. The van der Waals surface area contributed by atoms with Crippen molar-refractivity contribution >= 4 is 6.09 Å². The molecule has 11 heteroatoms. The van der Waals surface area contributed by atoms with Gasteiger partial charge in [0, 0.05) is 37.6 Å². The molecule has 0 saturated carbocycles. The number of ether oxygens (including phenoxy) is 6. The first-order chi connectivity index (χ1) is 21.2. The molecule has 1 fully saturated rings. The summed E-state index contributed by atoms with van der Waals surface area (Å²) in [5.74, 6) is 2.39. The summed E-state index contributed by atoms with van der Waals surface area (Å²) in [6.45, 7) is 8.11. The van der Waals surface area contributed by atoms with Crippen molar-refractivity contribution in [3.63, 3.8) is 0 Å². The number of alkyl carbamates (subject to hydrolysis) is 1. The molecule has 0 unspecified atom stereocenters. The van der Waals surface area contributed by atoms with Crippen molar-refractivity contribution < 1.29 is 33.2 Å². The first-order valence-electron chi connectivity index (χ1n) is 14.7. The molecule has 11 nitrogen and oxygen atoms in total. The third-order valence-electron chi connectivity index (χ3n) is 6.55. The zero-order valence-corrected chi connectivity index (χ0v) is 25.8. The summed E-state index contributed by atoms with van der Waals surface area (Å²) in [6.07, 6.45) is 3.39. The minimum atomic E-state index is -0.540. The highest BCUT2D eigenvalue weighted by molar-refractivity contribution is 5.67. The summed E-state index contributed by atoms with van der Waals surface area (Å²) in [7, 11) is 1.59. The minimum absolute atomic E-state index is 0.0502. The van der Waals surface area contributed by atoms with Gasteiger partial charge in [-0.1, -0.05) is 6.07 Å². The monoisotopic (exact) mass is 604 g/mol. The fraction of sp³-hybridized carbons (Fsp3) is 0.455. The Bertz CT molecular complexity index is 1430. The fourth-order valence-corrected chi connectivity index (χ4v) is 4.47. The molecule has 1 aliphatic rings. The van der Waals surface area contributed by atoms with E-state index in [1.54, 1.807) is 19.4 Å². The molecule has 234 valence electrons. The van der Waals surface area contributed by atoms with Gasteiger partial charge < -0.3 is 33.7 Å². The van der Waals surface area contributed by atoms with E-state index in [9.17, 15) is 10.1 Å². The number of hydrogen-bond acceptors (Lipinski definition) is 10. The molecule has 1 amide bonds. The van der Waals surface area contributed by atoms with Crippen molar-refractivity contribution in [1.82, 2.24) is 15.3 Å². The second-order valence-electron chi connectivity index (χ2n) is 11.2. The Balaban J connectivity index is 1.29. The zero-order valence-electron chi connectivity index (χ0n) is 25.8. The third kappa shape index (κ3) is 10.1. The van der Waals surface area contributed by atoms with E-state index >= 15 is 0 Å². The maximum Gasteiger partial charge on any atom is 0.407 e. The van der Waals surface area contributed by atoms with E-state index in [-0.39, 0.29) is 6.10 Å². The van der Waals surface area contributed by atoms with E-state index in [0.29, 0.717) is 74.6 Å². The highest BCUT2D eigenvalue weighted by Crippen LogP contribution is 2.30. The van der Waals surface area contributed by atoms with Crippen LogP contribution in [0.5, 0.6) is 17.2 Å². The van der Waals surface area contributed by atoms with Crippen LogP contribution in [0, 0.1) is 11.3 Å². The Labute approximate surface area is 258 Å². The number of hydrogen-bond donors (Lipinski definition) is 1. The molecule has 1 N–H and O–H groups in total. The smallest absolute Gasteiger partial charge is 0.407 e. The molecule has 2 heterocycles. The second-order valence-corrected chi connectivity index (χ2v) is 11.2. The van der Waals surface area contributed by atoms with Gasteiger partial charge in [0.2, 0.25) is 0 Å².